The van der Waals surface area contributed by atoms with Gasteiger partial charge in [0.05, 0.1) is 10.5 Å². The molecule has 18 heavy (non-hydrogen) atoms. The molecule has 0 bridgehead atoms. The first-order valence-electron chi connectivity index (χ1n) is 5.14. The van der Waals surface area contributed by atoms with E-state index < -0.39 is 18.2 Å². The van der Waals surface area contributed by atoms with Crippen LogP contribution in [0, 0.1) is 0 Å². The zero-order chi connectivity index (χ0) is 13.3. The number of carboxylic acid groups (broad SMARTS) is 1. The van der Waals surface area contributed by atoms with Crippen molar-refractivity contribution in [2.24, 2.45) is 0 Å². The molecule has 2 unspecified atom stereocenters. The summed E-state index contributed by atoms with van der Waals surface area (Å²) in [6, 6.07) is 6.21. The van der Waals surface area contributed by atoms with Crippen molar-refractivity contribution in [1.29, 1.82) is 0 Å². The first-order chi connectivity index (χ1) is 8.50. The minimum atomic E-state index is -1.88. The average Bonchev–Trinajstić information content (AvgIpc) is 2.37. The quantitative estimate of drug-likeness (QED) is 0.781. The number of aliphatic hydroxyl groups excluding tert-OH is 2. The third-order valence-electron chi connectivity index (χ3n) is 2.61. The smallest absolute Gasteiger partial charge is 0.335 e. The number of carbonyl (C=O) groups is 1. The van der Waals surface area contributed by atoms with Crippen molar-refractivity contribution >= 4 is 28.5 Å². The Morgan fingerprint density at radius 3 is 2.67 bits per heavy atom. The molecule has 3 N–H and O–H groups in total. The first kappa shape index (κ1) is 12.8. The normalized spacial score (nSPS) is 14.4. The van der Waals surface area contributed by atoms with Crippen LogP contribution in [-0.4, -0.2) is 32.4 Å². The number of hydrogen-bond acceptors (Lipinski definition) is 4. The van der Waals surface area contributed by atoms with Crippen molar-refractivity contribution in [1.82, 2.24) is 4.98 Å². The van der Waals surface area contributed by atoms with Gasteiger partial charge in [0.2, 0.25) is 0 Å². The SMILES string of the molecule is O=C(O)C(O)C(O)c1ccc2nccc(Cl)c2c1. The molecule has 1 heterocycles. The summed E-state index contributed by atoms with van der Waals surface area (Å²) in [6.07, 6.45) is -1.84. The van der Waals surface area contributed by atoms with Gasteiger partial charge in [0, 0.05) is 11.6 Å². The van der Waals surface area contributed by atoms with E-state index in [1.54, 1.807) is 18.3 Å². The van der Waals surface area contributed by atoms with E-state index in [9.17, 15) is 15.0 Å². The van der Waals surface area contributed by atoms with Crippen molar-refractivity contribution in [3.8, 4) is 0 Å². The van der Waals surface area contributed by atoms with Crippen molar-refractivity contribution < 1.29 is 20.1 Å². The predicted molar refractivity (Wildman–Crippen MR) is 65.4 cm³/mol. The monoisotopic (exact) mass is 267 g/mol. The van der Waals surface area contributed by atoms with Gasteiger partial charge in [-0.1, -0.05) is 17.7 Å². The van der Waals surface area contributed by atoms with E-state index in [-0.39, 0.29) is 5.56 Å². The molecule has 2 atom stereocenters. The Morgan fingerprint density at radius 1 is 1.28 bits per heavy atom. The lowest BCUT2D eigenvalue weighted by Gasteiger charge is -2.14. The number of benzene rings is 1. The molecule has 5 nitrogen and oxygen atoms in total. The molecule has 0 saturated carbocycles. The molecule has 0 fully saturated rings. The van der Waals surface area contributed by atoms with Gasteiger partial charge in [-0.05, 0) is 23.8 Å². The summed E-state index contributed by atoms with van der Waals surface area (Å²) in [5, 5.41) is 28.7. The minimum Gasteiger partial charge on any atom is -0.479 e. The number of aliphatic hydroxyl groups is 2. The zero-order valence-electron chi connectivity index (χ0n) is 9.12. The van der Waals surface area contributed by atoms with Crippen molar-refractivity contribution in [2.45, 2.75) is 12.2 Å². The van der Waals surface area contributed by atoms with Crippen LogP contribution in [0.2, 0.25) is 5.02 Å². The highest BCUT2D eigenvalue weighted by atomic mass is 35.5. The van der Waals surface area contributed by atoms with Crippen LogP contribution >= 0.6 is 11.6 Å². The molecular formula is C12H10ClNO4. The molecule has 2 rings (SSSR count). The Kier molecular flexibility index (Phi) is 3.47. The second-order valence-electron chi connectivity index (χ2n) is 3.80. The fraction of sp³-hybridized carbons (Fsp3) is 0.167. The number of nitrogens with zero attached hydrogens (tertiary/aromatic N) is 1. The van der Waals surface area contributed by atoms with E-state index in [4.69, 9.17) is 16.7 Å². The molecule has 0 aliphatic rings. The van der Waals surface area contributed by atoms with Crippen LogP contribution in [0.1, 0.15) is 11.7 Å². The molecule has 94 valence electrons. The number of aliphatic carboxylic acids is 1. The van der Waals surface area contributed by atoms with Gasteiger partial charge in [-0.15, -0.1) is 0 Å². The van der Waals surface area contributed by atoms with Crippen LogP contribution in [0.25, 0.3) is 10.9 Å². The number of rotatable bonds is 3. The van der Waals surface area contributed by atoms with E-state index in [1.807, 2.05) is 0 Å². The Bertz CT molecular complexity index is 602. The Morgan fingerprint density at radius 2 is 2.00 bits per heavy atom. The predicted octanol–water partition coefficient (Wildman–Crippen LogP) is 1.37. The summed E-state index contributed by atoms with van der Waals surface area (Å²) in [6.45, 7) is 0. The van der Waals surface area contributed by atoms with Gasteiger partial charge in [-0.25, -0.2) is 4.79 Å². The molecule has 0 spiro atoms. The van der Waals surface area contributed by atoms with Gasteiger partial charge in [0.15, 0.2) is 6.10 Å². The summed E-state index contributed by atoms with van der Waals surface area (Å²) in [5.41, 5.74) is 0.899. The fourth-order valence-electron chi connectivity index (χ4n) is 1.63. The highest BCUT2D eigenvalue weighted by Gasteiger charge is 2.25. The standard InChI is InChI=1S/C12H10ClNO4/c13-8-3-4-14-9-2-1-6(5-7(8)9)10(15)11(16)12(17)18/h1-5,10-11,15-16H,(H,17,18). The lowest BCUT2D eigenvalue weighted by Crippen LogP contribution is -2.27. The number of hydrogen-bond donors (Lipinski definition) is 3. The lowest BCUT2D eigenvalue weighted by molar-refractivity contribution is -0.153. The maximum Gasteiger partial charge on any atom is 0.335 e. The Balaban J connectivity index is 2.47. The van der Waals surface area contributed by atoms with Gasteiger partial charge >= 0.3 is 5.97 Å². The first-order valence-corrected chi connectivity index (χ1v) is 5.51. The van der Waals surface area contributed by atoms with Gasteiger partial charge in [-0.2, -0.15) is 0 Å². The molecule has 1 aromatic carbocycles. The highest BCUT2D eigenvalue weighted by molar-refractivity contribution is 6.35. The summed E-state index contributed by atoms with van der Waals surface area (Å²) >= 11 is 5.98. The summed E-state index contributed by atoms with van der Waals surface area (Å²) in [7, 11) is 0. The van der Waals surface area contributed by atoms with Crippen molar-refractivity contribution in [3.05, 3.63) is 41.0 Å². The summed E-state index contributed by atoms with van der Waals surface area (Å²) in [4.78, 5) is 14.7. The second kappa shape index (κ2) is 4.89. The molecule has 2 aromatic rings. The summed E-state index contributed by atoms with van der Waals surface area (Å²) in [5.74, 6) is -1.49. The zero-order valence-corrected chi connectivity index (χ0v) is 9.87. The maximum atomic E-state index is 10.6. The van der Waals surface area contributed by atoms with E-state index in [2.05, 4.69) is 4.98 Å². The highest BCUT2D eigenvalue weighted by Crippen LogP contribution is 2.26. The van der Waals surface area contributed by atoms with Crippen LogP contribution in [0.5, 0.6) is 0 Å². The molecule has 0 aliphatic heterocycles. The fourth-order valence-corrected chi connectivity index (χ4v) is 1.84. The van der Waals surface area contributed by atoms with Crippen molar-refractivity contribution in [2.75, 3.05) is 0 Å². The maximum absolute atomic E-state index is 10.6. The Hall–Kier alpha value is -1.69. The largest absolute Gasteiger partial charge is 0.479 e. The Labute approximate surface area is 107 Å². The molecular weight excluding hydrogens is 258 g/mol. The molecule has 0 radical (unpaired) electrons. The molecule has 1 aromatic heterocycles. The number of carboxylic acids is 1. The van der Waals surface area contributed by atoms with Crippen LogP contribution in [0.4, 0.5) is 0 Å². The number of fused-ring (bicyclic) bond motifs is 1. The molecule has 0 amide bonds. The van der Waals surface area contributed by atoms with Crippen LogP contribution < -0.4 is 0 Å². The number of halogens is 1. The average molecular weight is 268 g/mol. The van der Waals surface area contributed by atoms with Crippen LogP contribution in [-0.2, 0) is 4.79 Å². The second-order valence-corrected chi connectivity index (χ2v) is 4.20. The summed E-state index contributed by atoms with van der Waals surface area (Å²) < 4.78 is 0. The van der Waals surface area contributed by atoms with Gasteiger partial charge in [0.25, 0.3) is 0 Å². The van der Waals surface area contributed by atoms with Crippen LogP contribution in [0.3, 0.4) is 0 Å². The number of aromatic nitrogens is 1. The molecule has 6 heteroatoms. The van der Waals surface area contributed by atoms with E-state index in [1.165, 1.54) is 12.1 Å². The topological polar surface area (TPSA) is 90.7 Å². The lowest BCUT2D eigenvalue weighted by atomic mass is 10.0. The molecule has 0 aliphatic carbocycles. The number of pyridine rings is 1. The third-order valence-corrected chi connectivity index (χ3v) is 2.94. The van der Waals surface area contributed by atoms with E-state index in [0.29, 0.717) is 15.9 Å². The minimum absolute atomic E-state index is 0.271. The third kappa shape index (κ3) is 2.28. The van der Waals surface area contributed by atoms with Gasteiger partial charge in [-0.3, -0.25) is 4.98 Å². The molecule has 0 saturated heterocycles. The van der Waals surface area contributed by atoms with E-state index >= 15 is 0 Å². The van der Waals surface area contributed by atoms with Gasteiger partial charge in [0.1, 0.15) is 6.10 Å². The van der Waals surface area contributed by atoms with Crippen LogP contribution in [0.15, 0.2) is 30.5 Å². The van der Waals surface area contributed by atoms with Gasteiger partial charge < -0.3 is 15.3 Å². The van der Waals surface area contributed by atoms with E-state index in [0.717, 1.165) is 0 Å². The van der Waals surface area contributed by atoms with Crippen molar-refractivity contribution in [3.63, 3.8) is 0 Å².